The summed E-state index contributed by atoms with van der Waals surface area (Å²) in [4.78, 5) is 13.6. The molecular weight excluding hydrogens is 520 g/mol. The van der Waals surface area contributed by atoms with Crippen LogP contribution in [0.2, 0.25) is 0 Å². The fourth-order valence-electron chi connectivity index (χ4n) is 4.46. The zero-order valence-electron chi connectivity index (χ0n) is 21.2. The molecule has 0 amide bonds. The van der Waals surface area contributed by atoms with Crippen molar-refractivity contribution in [2.75, 3.05) is 16.6 Å². The molecule has 0 spiro atoms. The maximum Gasteiger partial charge on any atom is 0.223 e. The predicted molar refractivity (Wildman–Crippen MR) is 149 cm³/mol. The van der Waals surface area contributed by atoms with Crippen LogP contribution < -0.4 is 14.8 Å². The molecule has 202 valence electrons. The molecule has 3 N–H and O–H groups in total. The first-order chi connectivity index (χ1) is 19.1. The van der Waals surface area contributed by atoms with Crippen molar-refractivity contribution in [3.05, 3.63) is 84.3 Å². The third-order valence-corrected chi connectivity index (χ3v) is 7.36. The number of hydrogen-bond donors (Lipinski definition) is 3. The largest absolute Gasteiger partial charge is 0.456 e. The summed E-state index contributed by atoms with van der Waals surface area (Å²) in [6.07, 6.45) is 11.2. The van der Waals surface area contributed by atoms with Gasteiger partial charge in [0.15, 0.2) is 5.82 Å². The van der Waals surface area contributed by atoms with E-state index in [2.05, 4.69) is 25.0 Å². The van der Waals surface area contributed by atoms with Gasteiger partial charge < -0.3 is 19.9 Å². The average Bonchev–Trinajstić information content (AvgIpc) is 2.95. The van der Waals surface area contributed by atoms with E-state index in [1.807, 2.05) is 0 Å². The average molecular weight is 550 g/mol. The molecule has 2 aromatic heterocycles. The first-order valence-corrected chi connectivity index (χ1v) is 13.7. The number of aromatic nitrogens is 3. The number of nitrogens with zero attached hydrogens (tertiary/aromatic N) is 3. The van der Waals surface area contributed by atoms with E-state index in [4.69, 9.17) is 9.84 Å². The number of rotatable bonds is 10. The lowest BCUT2D eigenvalue weighted by Gasteiger charge is -2.22. The van der Waals surface area contributed by atoms with E-state index >= 15 is 0 Å². The Kier molecular flexibility index (Phi) is 8.85. The SMILES string of the molecule is OCCc1ccc(SNc2ccc(Oc3ccncc3-c3ccnc(NC4CCCCC4)n3)cc2F)c(F)c1. The van der Waals surface area contributed by atoms with Crippen LogP contribution in [-0.4, -0.2) is 32.7 Å². The van der Waals surface area contributed by atoms with Gasteiger partial charge >= 0.3 is 0 Å². The Hall–Kier alpha value is -3.76. The van der Waals surface area contributed by atoms with Gasteiger partial charge in [0.25, 0.3) is 0 Å². The quantitative estimate of drug-likeness (QED) is 0.182. The Bertz CT molecular complexity index is 1420. The van der Waals surface area contributed by atoms with Crippen molar-refractivity contribution in [3.63, 3.8) is 0 Å². The highest BCUT2D eigenvalue weighted by molar-refractivity contribution is 8.00. The monoisotopic (exact) mass is 549 g/mol. The minimum Gasteiger partial charge on any atom is -0.456 e. The molecule has 0 radical (unpaired) electrons. The molecule has 10 heteroatoms. The van der Waals surface area contributed by atoms with Crippen LogP contribution in [-0.2, 0) is 6.42 Å². The maximum absolute atomic E-state index is 14.9. The molecular formula is C29H29F2N5O2S. The van der Waals surface area contributed by atoms with Crippen molar-refractivity contribution >= 4 is 23.6 Å². The van der Waals surface area contributed by atoms with Gasteiger partial charge in [-0.1, -0.05) is 25.3 Å². The first-order valence-electron chi connectivity index (χ1n) is 12.9. The molecule has 7 nitrogen and oxygen atoms in total. The van der Waals surface area contributed by atoms with Gasteiger partial charge in [0.2, 0.25) is 5.95 Å². The zero-order chi connectivity index (χ0) is 27.0. The molecule has 1 fully saturated rings. The van der Waals surface area contributed by atoms with Crippen LogP contribution in [0.5, 0.6) is 11.5 Å². The lowest BCUT2D eigenvalue weighted by molar-refractivity contribution is 0.299. The van der Waals surface area contributed by atoms with E-state index in [1.54, 1.807) is 48.9 Å². The number of aliphatic hydroxyl groups is 1. The highest BCUT2D eigenvalue weighted by atomic mass is 32.2. The smallest absolute Gasteiger partial charge is 0.223 e. The van der Waals surface area contributed by atoms with Crippen molar-refractivity contribution in [3.8, 4) is 22.8 Å². The molecule has 1 aliphatic rings. The van der Waals surface area contributed by atoms with E-state index < -0.39 is 11.6 Å². The number of benzene rings is 2. The third-order valence-electron chi connectivity index (χ3n) is 6.49. The van der Waals surface area contributed by atoms with E-state index in [0.29, 0.717) is 51.6 Å². The summed E-state index contributed by atoms with van der Waals surface area (Å²) < 4.78 is 38.1. The van der Waals surface area contributed by atoms with Gasteiger partial charge in [0, 0.05) is 37.3 Å². The standard InChI is InChI=1S/C29H29F2N5O2S/c30-23-17-21(7-8-26(23)36-39-28-9-6-19(12-15-37)16-24(28)31)38-27-11-13-32-18-22(27)25-10-14-33-29(35-25)34-20-4-2-1-3-5-20/h6-11,13-14,16-18,20,36-37H,1-5,12,15H2,(H,33,34,35). The van der Waals surface area contributed by atoms with Gasteiger partial charge in [-0.2, -0.15) is 0 Å². The summed E-state index contributed by atoms with van der Waals surface area (Å²) in [6.45, 7) is -0.0530. The molecule has 1 saturated carbocycles. The molecule has 1 aliphatic carbocycles. The molecule has 4 aromatic rings. The topological polar surface area (TPSA) is 92.2 Å². The molecule has 2 aromatic carbocycles. The van der Waals surface area contributed by atoms with Crippen molar-refractivity contribution in [2.24, 2.45) is 0 Å². The summed E-state index contributed by atoms with van der Waals surface area (Å²) in [5.74, 6) is 0.351. The summed E-state index contributed by atoms with van der Waals surface area (Å²) >= 11 is 0.968. The van der Waals surface area contributed by atoms with Gasteiger partial charge in [-0.3, -0.25) is 4.98 Å². The van der Waals surface area contributed by atoms with Crippen molar-refractivity contribution in [2.45, 2.75) is 49.5 Å². The number of ether oxygens (including phenoxy) is 1. The van der Waals surface area contributed by atoms with Crippen LogP contribution in [0.4, 0.5) is 20.4 Å². The highest BCUT2D eigenvalue weighted by Gasteiger charge is 2.16. The van der Waals surface area contributed by atoms with E-state index in [-0.39, 0.29) is 12.3 Å². The fraction of sp³-hybridized carbons (Fsp3) is 0.276. The third kappa shape index (κ3) is 7.01. The van der Waals surface area contributed by atoms with Crippen LogP contribution in [0.1, 0.15) is 37.7 Å². The summed E-state index contributed by atoms with van der Waals surface area (Å²) in [5, 5.41) is 12.4. The Balaban J connectivity index is 1.27. The molecule has 39 heavy (non-hydrogen) atoms. The minimum atomic E-state index is -0.547. The van der Waals surface area contributed by atoms with E-state index in [1.165, 1.54) is 37.5 Å². The van der Waals surface area contributed by atoms with Crippen molar-refractivity contribution in [1.82, 2.24) is 15.0 Å². The molecule has 0 bridgehead atoms. The van der Waals surface area contributed by atoms with Gasteiger partial charge in [-0.15, -0.1) is 0 Å². The minimum absolute atomic E-state index is 0.0530. The second kappa shape index (κ2) is 12.9. The number of pyridine rings is 1. The summed E-state index contributed by atoms with van der Waals surface area (Å²) in [6, 6.07) is 13.0. The molecule has 5 rings (SSSR count). The Labute approximate surface area is 230 Å². The number of halogens is 2. The van der Waals surface area contributed by atoms with E-state index in [9.17, 15) is 8.78 Å². The van der Waals surface area contributed by atoms with Crippen LogP contribution in [0.25, 0.3) is 11.3 Å². The van der Waals surface area contributed by atoms with E-state index in [0.717, 1.165) is 24.8 Å². The molecule has 0 atom stereocenters. The van der Waals surface area contributed by atoms with Crippen LogP contribution in [0.3, 0.4) is 0 Å². The molecule has 0 unspecified atom stereocenters. The maximum atomic E-state index is 14.9. The Morgan fingerprint density at radius 2 is 1.85 bits per heavy atom. The first kappa shape index (κ1) is 26.8. The Morgan fingerprint density at radius 3 is 2.64 bits per heavy atom. The highest BCUT2D eigenvalue weighted by Crippen LogP contribution is 2.34. The van der Waals surface area contributed by atoms with Gasteiger partial charge in [-0.25, -0.2) is 18.7 Å². The van der Waals surface area contributed by atoms with Crippen LogP contribution in [0, 0.1) is 11.6 Å². The number of anilines is 2. The lowest BCUT2D eigenvalue weighted by atomic mass is 9.96. The number of hydrogen-bond acceptors (Lipinski definition) is 8. The fourth-order valence-corrected chi connectivity index (χ4v) is 5.14. The summed E-state index contributed by atoms with van der Waals surface area (Å²) in [7, 11) is 0. The Morgan fingerprint density at radius 1 is 0.974 bits per heavy atom. The van der Waals surface area contributed by atoms with Crippen LogP contribution in [0.15, 0.2) is 72.0 Å². The second-order valence-electron chi connectivity index (χ2n) is 9.30. The van der Waals surface area contributed by atoms with Crippen molar-refractivity contribution < 1.29 is 18.6 Å². The van der Waals surface area contributed by atoms with Crippen molar-refractivity contribution in [1.29, 1.82) is 0 Å². The van der Waals surface area contributed by atoms with Gasteiger partial charge in [0.05, 0.1) is 21.8 Å². The normalized spacial score (nSPS) is 13.7. The number of aliphatic hydroxyl groups excluding tert-OH is 1. The van der Waals surface area contributed by atoms with Crippen LogP contribution >= 0.6 is 11.9 Å². The molecule has 2 heterocycles. The predicted octanol–water partition coefficient (Wildman–Crippen LogP) is 7.01. The number of nitrogens with one attached hydrogen (secondary N) is 2. The van der Waals surface area contributed by atoms with Gasteiger partial charge in [-0.05, 0) is 73.2 Å². The molecule has 0 aliphatic heterocycles. The van der Waals surface area contributed by atoms with Gasteiger partial charge in [0.1, 0.15) is 17.3 Å². The summed E-state index contributed by atoms with van der Waals surface area (Å²) in [5.41, 5.74) is 2.19. The lowest BCUT2D eigenvalue weighted by Crippen LogP contribution is -2.23. The zero-order valence-corrected chi connectivity index (χ0v) is 22.1. The second-order valence-corrected chi connectivity index (χ2v) is 10.2. The molecule has 0 saturated heterocycles.